The van der Waals surface area contributed by atoms with Gasteiger partial charge in [-0.1, -0.05) is 12.1 Å². The lowest BCUT2D eigenvalue weighted by molar-refractivity contribution is -0.288. The van der Waals surface area contributed by atoms with E-state index in [1.165, 1.54) is 0 Å². The van der Waals surface area contributed by atoms with Crippen molar-refractivity contribution in [3.8, 4) is 0 Å². The highest BCUT2D eigenvalue weighted by atomic mass is 19.4. The minimum absolute atomic E-state index is 0.0115. The van der Waals surface area contributed by atoms with Crippen LogP contribution >= 0.6 is 0 Å². The average molecular weight is 760 g/mol. The minimum atomic E-state index is -6.41. The molecule has 4 N–H and O–H groups in total. The normalized spacial score (nSPS) is 15.4. The predicted molar refractivity (Wildman–Crippen MR) is 160 cm³/mol. The van der Waals surface area contributed by atoms with E-state index in [0.29, 0.717) is 36.4 Å². The second-order valence-corrected chi connectivity index (χ2v) is 11.7. The van der Waals surface area contributed by atoms with E-state index in [-0.39, 0.29) is 34.1 Å². The van der Waals surface area contributed by atoms with Gasteiger partial charge < -0.3 is 11.5 Å². The number of imide groups is 2. The Morgan fingerprint density at radius 1 is 0.415 bits per heavy atom. The van der Waals surface area contributed by atoms with Crippen molar-refractivity contribution in [2.75, 3.05) is 21.3 Å². The standard InChI is InChI=1S/C33H16F12N4O4/c34-30(35,36)21-11-15(46)3-7-23(21)48-25(50)17-5-1-13(9-19(17)27(48)52)29(32(40,41)42,33(43,44)45)14-2-6-18-20(10-14)28(53)49(26(18)51)24-8-4-16(47)12-22(24)31(37,38)39/h1-12H,46-47H2. The highest BCUT2D eigenvalue weighted by Gasteiger charge is 2.73. The van der Waals surface area contributed by atoms with Crippen LogP contribution in [0.4, 0.5) is 75.4 Å². The zero-order valence-corrected chi connectivity index (χ0v) is 25.6. The Kier molecular flexibility index (Phi) is 7.94. The molecular formula is C33H16F12N4O4. The molecule has 4 aromatic rings. The quantitative estimate of drug-likeness (QED) is 0.124. The Hall–Kier alpha value is -6.08. The molecule has 4 aromatic carbocycles. The lowest BCUT2D eigenvalue weighted by Crippen LogP contribution is -2.55. The maximum atomic E-state index is 15.1. The average Bonchev–Trinajstić information content (AvgIpc) is 3.42. The zero-order chi connectivity index (χ0) is 39.4. The topological polar surface area (TPSA) is 127 Å². The fraction of sp³-hybridized carbons (Fsp3) is 0.152. The molecule has 276 valence electrons. The largest absolute Gasteiger partial charge is 0.418 e. The summed E-state index contributed by atoms with van der Waals surface area (Å²) in [5.74, 6) is -6.51. The summed E-state index contributed by atoms with van der Waals surface area (Å²) < 4.78 is 174. The van der Waals surface area contributed by atoms with Crippen molar-refractivity contribution < 1.29 is 71.9 Å². The monoisotopic (exact) mass is 760 g/mol. The van der Waals surface area contributed by atoms with Gasteiger partial charge in [-0.2, -0.15) is 52.7 Å². The predicted octanol–water partition coefficient (Wildman–Crippen LogP) is 7.90. The molecule has 2 heterocycles. The van der Waals surface area contributed by atoms with Gasteiger partial charge in [-0.05, 0) is 71.8 Å². The second-order valence-electron chi connectivity index (χ2n) is 11.7. The first kappa shape index (κ1) is 36.7. The maximum Gasteiger partial charge on any atom is 0.418 e. The minimum Gasteiger partial charge on any atom is -0.399 e. The first-order valence-corrected chi connectivity index (χ1v) is 14.5. The number of alkyl halides is 12. The number of hydrogen-bond donors (Lipinski definition) is 2. The van der Waals surface area contributed by atoms with Gasteiger partial charge in [0.15, 0.2) is 0 Å². The van der Waals surface area contributed by atoms with E-state index < -0.39 is 121 Å². The van der Waals surface area contributed by atoms with Gasteiger partial charge in [-0.3, -0.25) is 19.2 Å². The fourth-order valence-electron chi connectivity index (χ4n) is 6.32. The smallest absolute Gasteiger partial charge is 0.399 e. The van der Waals surface area contributed by atoms with E-state index in [0.717, 1.165) is 12.1 Å². The summed E-state index contributed by atoms with van der Waals surface area (Å²) in [6.07, 6.45) is -23.3. The van der Waals surface area contributed by atoms with E-state index >= 15 is 26.3 Å². The van der Waals surface area contributed by atoms with Gasteiger partial charge in [-0.15, -0.1) is 0 Å². The van der Waals surface area contributed by atoms with Crippen molar-refractivity contribution in [1.29, 1.82) is 0 Å². The van der Waals surface area contributed by atoms with Crippen LogP contribution in [0.1, 0.15) is 63.7 Å². The molecule has 4 amide bonds. The summed E-state index contributed by atoms with van der Waals surface area (Å²) >= 11 is 0. The number of nitrogen functional groups attached to an aromatic ring is 2. The Morgan fingerprint density at radius 2 is 0.736 bits per heavy atom. The van der Waals surface area contributed by atoms with Crippen LogP contribution in [0.5, 0.6) is 0 Å². The van der Waals surface area contributed by atoms with Crippen LogP contribution in [0.15, 0.2) is 72.8 Å². The number of carbonyl (C=O) groups is 4. The molecule has 6 rings (SSSR count). The molecule has 20 heteroatoms. The molecule has 0 aliphatic carbocycles. The van der Waals surface area contributed by atoms with Crippen LogP contribution in [0.25, 0.3) is 0 Å². The number of amides is 4. The Bertz CT molecular complexity index is 2120. The second kappa shape index (κ2) is 11.5. The number of carbonyl (C=O) groups excluding carboxylic acids is 4. The van der Waals surface area contributed by atoms with E-state index in [2.05, 4.69) is 0 Å². The summed E-state index contributed by atoms with van der Waals surface area (Å²) in [5, 5.41) is 0. The van der Waals surface area contributed by atoms with E-state index in [1.807, 2.05) is 0 Å². The number of fused-ring (bicyclic) bond motifs is 2. The van der Waals surface area contributed by atoms with E-state index in [9.17, 15) is 45.5 Å². The molecule has 0 aromatic heterocycles. The van der Waals surface area contributed by atoms with Crippen LogP contribution in [0, 0.1) is 0 Å². The van der Waals surface area contributed by atoms with Crippen LogP contribution in [-0.4, -0.2) is 36.0 Å². The van der Waals surface area contributed by atoms with Crippen molar-refractivity contribution >= 4 is 46.4 Å². The zero-order valence-electron chi connectivity index (χ0n) is 25.6. The van der Waals surface area contributed by atoms with Gasteiger partial charge in [0.05, 0.1) is 44.8 Å². The molecule has 8 nitrogen and oxygen atoms in total. The van der Waals surface area contributed by atoms with Crippen LogP contribution in [0.3, 0.4) is 0 Å². The molecule has 53 heavy (non-hydrogen) atoms. The Balaban J connectivity index is 1.52. The highest BCUT2D eigenvalue weighted by Crippen LogP contribution is 2.57. The maximum absolute atomic E-state index is 15.1. The third-order valence-electron chi connectivity index (χ3n) is 8.62. The number of benzene rings is 4. The lowest BCUT2D eigenvalue weighted by Gasteiger charge is -2.38. The highest BCUT2D eigenvalue weighted by molar-refractivity contribution is 6.35. The molecule has 2 aliphatic rings. The van der Waals surface area contributed by atoms with Gasteiger partial charge in [0.25, 0.3) is 23.6 Å². The van der Waals surface area contributed by atoms with Crippen LogP contribution < -0.4 is 21.3 Å². The summed E-state index contributed by atoms with van der Waals surface area (Å²) in [5.41, 5.74) is -8.42. The number of rotatable bonds is 4. The van der Waals surface area contributed by atoms with Crippen molar-refractivity contribution in [2.24, 2.45) is 0 Å². The van der Waals surface area contributed by atoms with Crippen molar-refractivity contribution in [3.63, 3.8) is 0 Å². The molecule has 0 spiro atoms. The van der Waals surface area contributed by atoms with Gasteiger partial charge >= 0.3 is 24.7 Å². The van der Waals surface area contributed by atoms with Crippen molar-refractivity contribution in [2.45, 2.75) is 30.1 Å². The lowest BCUT2D eigenvalue weighted by atomic mass is 9.71. The summed E-state index contributed by atoms with van der Waals surface area (Å²) in [6.45, 7) is 0. The number of halogens is 12. The molecule has 0 atom stereocenters. The van der Waals surface area contributed by atoms with Crippen LogP contribution in [-0.2, 0) is 17.8 Å². The molecule has 0 fully saturated rings. The van der Waals surface area contributed by atoms with E-state index in [4.69, 9.17) is 11.5 Å². The molecule has 0 saturated carbocycles. The number of hydrogen-bond acceptors (Lipinski definition) is 6. The summed E-state index contributed by atoms with van der Waals surface area (Å²) in [4.78, 5) is 52.9. The van der Waals surface area contributed by atoms with E-state index in [1.54, 1.807) is 0 Å². The van der Waals surface area contributed by atoms with Crippen molar-refractivity contribution in [1.82, 2.24) is 0 Å². The molecule has 0 unspecified atom stereocenters. The van der Waals surface area contributed by atoms with Crippen molar-refractivity contribution in [3.05, 3.63) is 117 Å². The number of anilines is 4. The first-order valence-electron chi connectivity index (χ1n) is 14.5. The third-order valence-corrected chi connectivity index (χ3v) is 8.62. The Labute approximate surface area is 287 Å². The SMILES string of the molecule is Nc1ccc(N2C(=O)c3ccc(C(c4ccc5c(c4)C(=O)N(c4ccc(N)cc4C(F)(F)F)C5=O)(C(F)(F)F)C(F)(F)F)cc3C2=O)c(C(F)(F)F)c1. The fourth-order valence-corrected chi connectivity index (χ4v) is 6.32. The molecule has 0 saturated heterocycles. The number of nitrogens with two attached hydrogens (primary N) is 2. The molecule has 0 bridgehead atoms. The summed E-state index contributed by atoms with van der Waals surface area (Å²) in [7, 11) is 0. The number of nitrogens with zero attached hydrogens (tertiary/aromatic N) is 2. The summed E-state index contributed by atoms with van der Waals surface area (Å²) in [6, 6.07) is 4.67. The van der Waals surface area contributed by atoms with Gasteiger partial charge in [0.1, 0.15) is 0 Å². The molecular weight excluding hydrogens is 744 g/mol. The molecule has 0 radical (unpaired) electrons. The third kappa shape index (κ3) is 5.41. The van der Waals surface area contributed by atoms with Crippen LogP contribution in [0.2, 0.25) is 0 Å². The Morgan fingerprint density at radius 3 is 1.04 bits per heavy atom. The molecule has 2 aliphatic heterocycles. The van der Waals surface area contributed by atoms with Gasteiger partial charge in [0.2, 0.25) is 5.41 Å². The van der Waals surface area contributed by atoms with Gasteiger partial charge in [-0.25, -0.2) is 9.80 Å². The first-order chi connectivity index (χ1) is 24.3. The van der Waals surface area contributed by atoms with Gasteiger partial charge in [0, 0.05) is 11.4 Å².